The van der Waals surface area contributed by atoms with Gasteiger partial charge in [-0.2, -0.15) is 4.39 Å². The van der Waals surface area contributed by atoms with E-state index in [1.807, 2.05) is 0 Å². The maximum atomic E-state index is 14.0. The first-order valence-electron chi connectivity index (χ1n) is 9.85. The van der Waals surface area contributed by atoms with Crippen LogP contribution < -0.4 is 0 Å². The summed E-state index contributed by atoms with van der Waals surface area (Å²) in [6.45, 7) is 2.27. The Morgan fingerprint density at radius 1 is 1.20 bits per heavy atom. The molecule has 0 N–H and O–H groups in total. The summed E-state index contributed by atoms with van der Waals surface area (Å²) in [5, 5.41) is 10.8. The predicted octanol–water partition coefficient (Wildman–Crippen LogP) is 6.43. The van der Waals surface area contributed by atoms with Gasteiger partial charge in [-0.05, 0) is 73.8 Å². The van der Waals surface area contributed by atoms with Crippen molar-refractivity contribution < 1.29 is 9.31 Å². The van der Waals surface area contributed by atoms with Crippen LogP contribution >= 0.6 is 0 Å². The average Bonchev–Trinajstić information content (AvgIpc) is 2.62. The minimum Gasteiger partial charge on any atom is -0.258 e. The number of benzene rings is 1. The maximum Gasteiger partial charge on any atom is 0.304 e. The standard InChI is InChI=1S/C21H29FNO2/c1-2-4-15-7-9-16(10-8-15)17-5-3-6-18(13-17)19-11-12-21(23(24)25)20(22)14-19/h5,11-12,14-18H,2-4,6-10,13H2,1H3. The van der Waals surface area contributed by atoms with E-state index in [1.165, 1.54) is 50.7 Å². The van der Waals surface area contributed by atoms with E-state index in [-0.39, 0.29) is 0 Å². The largest absolute Gasteiger partial charge is 0.304 e. The van der Waals surface area contributed by atoms with Crippen LogP contribution in [-0.4, -0.2) is 4.92 Å². The van der Waals surface area contributed by atoms with Gasteiger partial charge >= 0.3 is 5.69 Å². The normalized spacial score (nSPS) is 30.2. The molecular formula is C21H29FNO2. The summed E-state index contributed by atoms with van der Waals surface area (Å²) < 4.78 is 14.0. The van der Waals surface area contributed by atoms with Crippen molar-refractivity contribution in [2.24, 2.45) is 17.8 Å². The maximum absolute atomic E-state index is 14.0. The van der Waals surface area contributed by atoms with E-state index < -0.39 is 16.4 Å². The van der Waals surface area contributed by atoms with Crippen LogP contribution in [0.3, 0.4) is 0 Å². The summed E-state index contributed by atoms with van der Waals surface area (Å²) in [5.74, 6) is 1.95. The highest BCUT2D eigenvalue weighted by Crippen LogP contribution is 2.45. The van der Waals surface area contributed by atoms with Crippen LogP contribution in [-0.2, 0) is 0 Å². The third-order valence-corrected chi connectivity index (χ3v) is 6.37. The number of nitro groups is 1. The van der Waals surface area contributed by atoms with Gasteiger partial charge in [0.2, 0.25) is 5.82 Å². The molecule has 0 bridgehead atoms. The van der Waals surface area contributed by atoms with Crippen molar-refractivity contribution in [3.63, 3.8) is 0 Å². The molecule has 0 heterocycles. The Hall–Kier alpha value is -1.45. The number of halogens is 1. The minimum absolute atomic E-state index is 0.332. The lowest BCUT2D eigenvalue weighted by molar-refractivity contribution is -0.387. The monoisotopic (exact) mass is 346 g/mol. The predicted molar refractivity (Wildman–Crippen MR) is 97.8 cm³/mol. The van der Waals surface area contributed by atoms with Crippen LogP contribution in [0.4, 0.5) is 10.1 Å². The molecule has 4 heteroatoms. The lowest BCUT2D eigenvalue weighted by Gasteiger charge is -2.38. The molecule has 1 aromatic rings. The smallest absolute Gasteiger partial charge is 0.258 e. The fourth-order valence-electron chi connectivity index (χ4n) is 4.98. The van der Waals surface area contributed by atoms with Gasteiger partial charge in [0.25, 0.3) is 0 Å². The lowest BCUT2D eigenvalue weighted by atomic mass is 9.67. The number of hydrogen-bond acceptors (Lipinski definition) is 2. The van der Waals surface area contributed by atoms with Gasteiger partial charge in [-0.15, -0.1) is 0 Å². The molecular weight excluding hydrogens is 317 g/mol. The van der Waals surface area contributed by atoms with Gasteiger partial charge in [0, 0.05) is 6.07 Å². The molecule has 0 saturated heterocycles. The number of nitro benzene ring substituents is 1. The van der Waals surface area contributed by atoms with Crippen molar-refractivity contribution in [3.8, 4) is 0 Å². The zero-order valence-electron chi connectivity index (χ0n) is 15.1. The lowest BCUT2D eigenvalue weighted by Crippen LogP contribution is -2.26. The van der Waals surface area contributed by atoms with Crippen LogP contribution in [0.25, 0.3) is 0 Å². The molecule has 2 saturated carbocycles. The molecule has 25 heavy (non-hydrogen) atoms. The first-order valence-corrected chi connectivity index (χ1v) is 9.85. The molecule has 1 aromatic carbocycles. The summed E-state index contributed by atoms with van der Waals surface area (Å²) >= 11 is 0. The van der Waals surface area contributed by atoms with Crippen LogP contribution in [0.5, 0.6) is 0 Å². The van der Waals surface area contributed by atoms with Crippen molar-refractivity contribution in [1.29, 1.82) is 0 Å². The highest BCUT2D eigenvalue weighted by molar-refractivity contribution is 5.36. The quantitative estimate of drug-likeness (QED) is 0.455. The highest BCUT2D eigenvalue weighted by atomic mass is 19.1. The van der Waals surface area contributed by atoms with Crippen molar-refractivity contribution >= 4 is 5.69 Å². The summed E-state index contributed by atoms with van der Waals surface area (Å²) in [5.41, 5.74) is 0.512. The first kappa shape index (κ1) is 18.3. The third kappa shape index (κ3) is 4.39. The molecule has 3 rings (SSSR count). The molecule has 2 aliphatic rings. The summed E-state index contributed by atoms with van der Waals surface area (Å²) in [7, 11) is 0. The highest BCUT2D eigenvalue weighted by Gasteiger charge is 2.32. The van der Waals surface area contributed by atoms with Crippen molar-refractivity contribution in [2.75, 3.05) is 0 Å². The molecule has 2 aliphatic carbocycles. The molecule has 0 spiro atoms. The van der Waals surface area contributed by atoms with Gasteiger partial charge in [0.15, 0.2) is 0 Å². The van der Waals surface area contributed by atoms with Crippen LogP contribution in [0.1, 0.15) is 76.2 Å². The van der Waals surface area contributed by atoms with E-state index in [0.717, 1.165) is 36.7 Å². The Kier molecular flexibility index (Phi) is 6.08. The van der Waals surface area contributed by atoms with Gasteiger partial charge in [-0.3, -0.25) is 10.1 Å². The average molecular weight is 346 g/mol. The molecule has 0 aliphatic heterocycles. The van der Waals surface area contributed by atoms with Crippen molar-refractivity contribution in [3.05, 3.63) is 46.1 Å². The van der Waals surface area contributed by atoms with E-state index in [0.29, 0.717) is 11.8 Å². The van der Waals surface area contributed by atoms with Gasteiger partial charge in [-0.1, -0.05) is 38.7 Å². The number of nitrogens with zero attached hydrogens (tertiary/aromatic N) is 1. The second-order valence-corrected chi connectivity index (χ2v) is 7.95. The van der Waals surface area contributed by atoms with Crippen molar-refractivity contribution in [2.45, 2.75) is 70.6 Å². The fourth-order valence-corrected chi connectivity index (χ4v) is 4.98. The Morgan fingerprint density at radius 2 is 1.96 bits per heavy atom. The zero-order valence-corrected chi connectivity index (χ0v) is 15.1. The van der Waals surface area contributed by atoms with E-state index in [2.05, 4.69) is 13.3 Å². The first-order chi connectivity index (χ1) is 12.1. The van der Waals surface area contributed by atoms with Gasteiger partial charge in [-0.25, -0.2) is 0 Å². The van der Waals surface area contributed by atoms with Crippen LogP contribution in [0.2, 0.25) is 0 Å². The summed E-state index contributed by atoms with van der Waals surface area (Å²) in [4.78, 5) is 10.2. The Bertz CT molecular complexity index is 596. The fraction of sp³-hybridized carbons (Fsp3) is 0.667. The van der Waals surface area contributed by atoms with Crippen LogP contribution in [0.15, 0.2) is 18.2 Å². The molecule has 2 fully saturated rings. The van der Waals surface area contributed by atoms with Crippen molar-refractivity contribution in [1.82, 2.24) is 0 Å². The Morgan fingerprint density at radius 3 is 2.60 bits per heavy atom. The Balaban J connectivity index is 1.62. The molecule has 1 radical (unpaired) electrons. The van der Waals surface area contributed by atoms with Gasteiger partial charge in [0.1, 0.15) is 0 Å². The summed E-state index contributed by atoms with van der Waals surface area (Å²) in [6, 6.07) is 4.48. The third-order valence-electron chi connectivity index (χ3n) is 6.37. The number of hydrogen-bond donors (Lipinski definition) is 0. The van der Waals surface area contributed by atoms with E-state index in [9.17, 15) is 14.5 Å². The van der Waals surface area contributed by atoms with Gasteiger partial charge in [0.05, 0.1) is 4.92 Å². The molecule has 0 aromatic heterocycles. The van der Waals surface area contributed by atoms with Crippen LogP contribution in [0, 0.1) is 40.1 Å². The van der Waals surface area contributed by atoms with Gasteiger partial charge < -0.3 is 0 Å². The second-order valence-electron chi connectivity index (χ2n) is 7.95. The molecule has 2 atom stereocenters. The van der Waals surface area contributed by atoms with E-state index in [4.69, 9.17) is 0 Å². The topological polar surface area (TPSA) is 43.1 Å². The molecule has 0 amide bonds. The molecule has 2 unspecified atom stereocenters. The van der Waals surface area contributed by atoms with E-state index >= 15 is 0 Å². The molecule has 3 nitrogen and oxygen atoms in total. The minimum atomic E-state index is -0.700. The Labute approximate surface area is 150 Å². The zero-order chi connectivity index (χ0) is 17.8. The number of rotatable bonds is 5. The molecule has 137 valence electrons. The second kappa shape index (κ2) is 8.29. The summed E-state index contributed by atoms with van der Waals surface area (Å²) in [6.07, 6.45) is 13.7. The van der Waals surface area contributed by atoms with E-state index in [1.54, 1.807) is 6.07 Å². The SMILES string of the molecule is CCCC1CCC(C2[CH]CCC(c3ccc([N+](=O)[O-])c(F)c3)C2)CC1.